The fraction of sp³-hybridized carbons (Fsp3) is 0.412. The number of aliphatic imine (C=N–C) groups is 1. The largest absolute Gasteiger partial charge is 0.355 e. The van der Waals surface area contributed by atoms with E-state index in [4.69, 9.17) is 0 Å². The quantitative estimate of drug-likeness (QED) is 0.272. The van der Waals surface area contributed by atoms with Gasteiger partial charge in [-0.25, -0.2) is 9.37 Å². The number of benzene rings is 1. The van der Waals surface area contributed by atoms with Crippen molar-refractivity contribution in [3.05, 3.63) is 51.7 Å². The van der Waals surface area contributed by atoms with E-state index in [2.05, 4.69) is 25.6 Å². The minimum absolute atomic E-state index is 0. The van der Waals surface area contributed by atoms with E-state index < -0.39 is 0 Å². The maximum Gasteiger partial charge on any atom is 0.193 e. The second-order valence-electron chi connectivity index (χ2n) is 5.33. The molecule has 2 rings (SSSR count). The lowest BCUT2D eigenvalue weighted by atomic mass is 10.2. The maximum atomic E-state index is 13.5. The Bertz CT molecular complexity index is 678. The van der Waals surface area contributed by atoms with Crippen molar-refractivity contribution >= 4 is 53.0 Å². The molecular weight excluding hydrogens is 470 g/mol. The van der Waals surface area contributed by atoms with Gasteiger partial charge in [0.25, 0.3) is 0 Å². The van der Waals surface area contributed by atoms with Gasteiger partial charge in [0.2, 0.25) is 0 Å². The highest BCUT2D eigenvalue weighted by atomic mass is 127. The van der Waals surface area contributed by atoms with Crippen molar-refractivity contribution in [3.63, 3.8) is 0 Å². The number of thioether (sulfide) groups is 1. The van der Waals surface area contributed by atoms with Gasteiger partial charge in [-0.05, 0) is 18.6 Å². The highest BCUT2D eigenvalue weighted by Gasteiger charge is 2.08. The van der Waals surface area contributed by atoms with Gasteiger partial charge in [-0.1, -0.05) is 18.2 Å². The average molecular weight is 494 g/mol. The second kappa shape index (κ2) is 11.7. The number of hydrogen-bond donors (Lipinski definition) is 1. The van der Waals surface area contributed by atoms with Gasteiger partial charge in [0, 0.05) is 37.5 Å². The number of hydrogen-bond acceptors (Lipinski definition) is 4. The van der Waals surface area contributed by atoms with Crippen LogP contribution in [0.3, 0.4) is 0 Å². The van der Waals surface area contributed by atoms with Gasteiger partial charge >= 0.3 is 0 Å². The smallest absolute Gasteiger partial charge is 0.193 e. The molecule has 0 saturated heterocycles. The topological polar surface area (TPSA) is 40.5 Å². The van der Waals surface area contributed by atoms with Crippen LogP contribution in [-0.2, 0) is 12.3 Å². The fourth-order valence-corrected chi connectivity index (χ4v) is 3.66. The van der Waals surface area contributed by atoms with Crippen LogP contribution in [0.5, 0.6) is 0 Å². The number of aryl methyl sites for hydroxylation is 1. The predicted molar refractivity (Wildman–Crippen MR) is 118 cm³/mol. The lowest BCUT2D eigenvalue weighted by Gasteiger charge is -2.21. The summed E-state index contributed by atoms with van der Waals surface area (Å²) in [4.78, 5) is 10.8. The van der Waals surface area contributed by atoms with Crippen molar-refractivity contribution in [2.24, 2.45) is 4.99 Å². The number of aromatic nitrogens is 1. The van der Waals surface area contributed by atoms with Crippen LogP contribution in [-0.4, -0.2) is 42.2 Å². The summed E-state index contributed by atoms with van der Waals surface area (Å²) in [6.45, 7) is 3.52. The third-order valence-electron chi connectivity index (χ3n) is 3.38. The maximum absolute atomic E-state index is 13.5. The van der Waals surface area contributed by atoms with Crippen molar-refractivity contribution in [2.45, 2.75) is 19.2 Å². The van der Waals surface area contributed by atoms with Crippen molar-refractivity contribution < 1.29 is 4.39 Å². The van der Waals surface area contributed by atoms with Crippen LogP contribution in [0.2, 0.25) is 0 Å². The Hall–Kier alpha value is -0.870. The zero-order chi connectivity index (χ0) is 17.4. The molecule has 0 aliphatic carbocycles. The summed E-state index contributed by atoms with van der Waals surface area (Å²) in [5.74, 6) is 2.27. The van der Waals surface area contributed by atoms with Gasteiger partial charge in [-0.3, -0.25) is 4.99 Å². The molecule has 0 fully saturated rings. The van der Waals surface area contributed by atoms with Crippen LogP contribution in [0.4, 0.5) is 4.39 Å². The van der Waals surface area contributed by atoms with E-state index in [0.717, 1.165) is 41.1 Å². The summed E-state index contributed by atoms with van der Waals surface area (Å²) in [7, 11) is 3.77. The van der Waals surface area contributed by atoms with Crippen LogP contribution >= 0.6 is 47.1 Å². The summed E-state index contributed by atoms with van der Waals surface area (Å²) in [5.41, 5.74) is 1.81. The number of nitrogens with zero attached hydrogens (tertiary/aromatic N) is 3. The predicted octanol–water partition coefficient (Wildman–Crippen LogP) is 4.15. The van der Waals surface area contributed by atoms with E-state index in [1.54, 1.807) is 36.2 Å². The first kappa shape index (κ1) is 22.2. The molecule has 0 radical (unpaired) electrons. The SMILES string of the molecule is CN=C(NCCSCc1ccccc1F)N(C)Cc1csc(C)n1.I. The first-order chi connectivity index (χ1) is 11.6. The fourth-order valence-electron chi connectivity index (χ4n) is 2.22. The van der Waals surface area contributed by atoms with Crippen molar-refractivity contribution in [1.82, 2.24) is 15.2 Å². The first-order valence-corrected chi connectivity index (χ1v) is 9.77. The molecule has 0 amide bonds. The second-order valence-corrected chi connectivity index (χ2v) is 7.50. The molecule has 1 heterocycles. The van der Waals surface area contributed by atoms with E-state index in [9.17, 15) is 4.39 Å². The van der Waals surface area contributed by atoms with Crippen molar-refractivity contribution in [3.8, 4) is 0 Å². The lowest BCUT2D eigenvalue weighted by molar-refractivity contribution is 0.473. The van der Waals surface area contributed by atoms with Crippen LogP contribution in [0.1, 0.15) is 16.3 Å². The Morgan fingerprint density at radius 1 is 1.40 bits per heavy atom. The monoisotopic (exact) mass is 494 g/mol. The number of rotatable bonds is 7. The first-order valence-electron chi connectivity index (χ1n) is 7.74. The van der Waals surface area contributed by atoms with Crippen LogP contribution in [0.25, 0.3) is 0 Å². The third-order valence-corrected chi connectivity index (χ3v) is 5.21. The van der Waals surface area contributed by atoms with Crippen LogP contribution in [0.15, 0.2) is 34.6 Å². The molecule has 0 aliphatic heterocycles. The summed E-state index contributed by atoms with van der Waals surface area (Å²) in [6.07, 6.45) is 0. The van der Waals surface area contributed by atoms with Gasteiger partial charge in [0.05, 0.1) is 17.2 Å². The lowest BCUT2D eigenvalue weighted by Crippen LogP contribution is -2.39. The van der Waals surface area contributed by atoms with Crippen LogP contribution < -0.4 is 5.32 Å². The van der Waals surface area contributed by atoms with E-state index in [0.29, 0.717) is 5.75 Å². The number of thiazole rings is 1. The van der Waals surface area contributed by atoms with E-state index >= 15 is 0 Å². The van der Waals surface area contributed by atoms with Gasteiger partial charge in [0.1, 0.15) is 5.82 Å². The van der Waals surface area contributed by atoms with Gasteiger partial charge in [-0.2, -0.15) is 11.8 Å². The molecule has 1 aromatic heterocycles. The summed E-state index contributed by atoms with van der Waals surface area (Å²) < 4.78 is 13.5. The molecule has 1 N–H and O–H groups in total. The molecule has 0 unspecified atom stereocenters. The molecule has 0 spiro atoms. The van der Waals surface area contributed by atoms with Crippen LogP contribution in [0, 0.1) is 12.7 Å². The molecule has 0 bridgehead atoms. The molecule has 8 heteroatoms. The molecular formula is C17H24FIN4S2. The molecule has 4 nitrogen and oxygen atoms in total. The molecule has 0 atom stereocenters. The minimum Gasteiger partial charge on any atom is -0.355 e. The zero-order valence-electron chi connectivity index (χ0n) is 14.7. The number of nitrogens with one attached hydrogen (secondary N) is 1. The van der Waals surface area contributed by atoms with E-state index in [-0.39, 0.29) is 29.8 Å². The normalized spacial score (nSPS) is 11.1. The van der Waals surface area contributed by atoms with Gasteiger partial charge < -0.3 is 10.2 Å². The highest BCUT2D eigenvalue weighted by Crippen LogP contribution is 2.14. The minimum atomic E-state index is -0.132. The summed E-state index contributed by atoms with van der Waals surface area (Å²) in [5, 5.41) is 6.48. The molecule has 0 saturated carbocycles. The number of guanidine groups is 1. The third kappa shape index (κ3) is 7.49. The Labute approximate surface area is 174 Å². The van der Waals surface area contributed by atoms with Gasteiger partial charge in [0.15, 0.2) is 5.96 Å². The van der Waals surface area contributed by atoms with Crippen molar-refractivity contribution in [1.29, 1.82) is 0 Å². The molecule has 0 aliphatic rings. The van der Waals surface area contributed by atoms with E-state index in [1.807, 2.05) is 26.1 Å². The molecule has 2 aromatic rings. The molecule has 25 heavy (non-hydrogen) atoms. The van der Waals surface area contributed by atoms with Crippen molar-refractivity contribution in [2.75, 3.05) is 26.4 Å². The summed E-state index contributed by atoms with van der Waals surface area (Å²) in [6, 6.07) is 6.92. The Kier molecular flexibility index (Phi) is 10.4. The average Bonchev–Trinajstić information content (AvgIpc) is 2.97. The number of halogens is 2. The standard InChI is InChI=1S/C17H23FN4S2.HI/c1-13-21-15(12-24-13)10-22(3)17(19-2)20-8-9-23-11-14-6-4-5-7-16(14)18;/h4-7,12H,8-11H2,1-3H3,(H,19,20);1H. The van der Waals surface area contributed by atoms with Gasteiger partial charge in [-0.15, -0.1) is 35.3 Å². The molecule has 1 aromatic carbocycles. The Balaban J connectivity index is 0.00000312. The Morgan fingerprint density at radius 2 is 2.16 bits per heavy atom. The molecule has 138 valence electrons. The summed E-state index contributed by atoms with van der Waals surface area (Å²) >= 11 is 3.36. The Morgan fingerprint density at radius 3 is 2.80 bits per heavy atom. The van der Waals surface area contributed by atoms with E-state index in [1.165, 1.54) is 6.07 Å². The highest BCUT2D eigenvalue weighted by molar-refractivity contribution is 14.0. The zero-order valence-corrected chi connectivity index (χ0v) is 18.6.